The van der Waals surface area contributed by atoms with Crippen molar-refractivity contribution in [2.45, 2.75) is 45.8 Å². The molecular formula is C16H21NO4. The zero-order chi connectivity index (χ0) is 15.6. The van der Waals surface area contributed by atoms with Gasteiger partial charge >= 0.3 is 12.1 Å². The van der Waals surface area contributed by atoms with Gasteiger partial charge in [0, 0.05) is 6.42 Å². The largest absolute Gasteiger partial charge is 0.464 e. The summed E-state index contributed by atoms with van der Waals surface area (Å²) >= 11 is 0. The number of ether oxygens (including phenoxy) is 2. The molecule has 1 amide bonds. The SMILES string of the molecule is CCOC(=O)[C@@H]1Cc2ccccc2N1C(=O)OC(C)(C)C. The standard InChI is InChI=1S/C16H21NO4/c1-5-20-14(18)13-10-11-8-6-7-9-12(11)17(13)15(19)21-16(2,3)4/h6-9,13H,5,10H2,1-4H3/t13-/m0/s1. The van der Waals surface area contributed by atoms with Gasteiger partial charge in [0.25, 0.3) is 0 Å². The smallest absolute Gasteiger partial charge is 0.415 e. The molecule has 1 heterocycles. The highest BCUT2D eigenvalue weighted by Crippen LogP contribution is 2.33. The second kappa shape index (κ2) is 5.76. The van der Waals surface area contributed by atoms with E-state index in [1.165, 1.54) is 4.90 Å². The number of carbonyl (C=O) groups is 2. The van der Waals surface area contributed by atoms with Crippen LogP contribution in [-0.4, -0.2) is 30.3 Å². The van der Waals surface area contributed by atoms with Crippen LogP contribution in [0.4, 0.5) is 10.5 Å². The predicted molar refractivity (Wildman–Crippen MR) is 79.3 cm³/mol. The van der Waals surface area contributed by atoms with Crippen molar-refractivity contribution in [2.24, 2.45) is 0 Å². The number of hydrogen-bond acceptors (Lipinski definition) is 4. The van der Waals surface area contributed by atoms with Gasteiger partial charge in [0.05, 0.1) is 12.3 Å². The number of rotatable bonds is 2. The molecule has 5 nitrogen and oxygen atoms in total. The third-order valence-corrected chi connectivity index (χ3v) is 3.12. The van der Waals surface area contributed by atoms with Crippen molar-refractivity contribution in [3.8, 4) is 0 Å². The minimum Gasteiger partial charge on any atom is -0.464 e. The molecule has 0 bridgehead atoms. The van der Waals surface area contributed by atoms with Crippen molar-refractivity contribution in [2.75, 3.05) is 11.5 Å². The third-order valence-electron chi connectivity index (χ3n) is 3.12. The number of amides is 1. The fraction of sp³-hybridized carbons (Fsp3) is 0.500. The summed E-state index contributed by atoms with van der Waals surface area (Å²) in [5, 5.41) is 0. The fourth-order valence-electron chi connectivity index (χ4n) is 2.35. The van der Waals surface area contributed by atoms with Crippen molar-refractivity contribution in [1.29, 1.82) is 0 Å². The van der Waals surface area contributed by atoms with Crippen LogP contribution in [0.2, 0.25) is 0 Å². The first-order valence-electron chi connectivity index (χ1n) is 7.10. The Kier molecular flexibility index (Phi) is 4.21. The fourth-order valence-corrected chi connectivity index (χ4v) is 2.35. The van der Waals surface area contributed by atoms with E-state index >= 15 is 0 Å². The summed E-state index contributed by atoms with van der Waals surface area (Å²) in [6.45, 7) is 7.43. The molecule has 0 aliphatic carbocycles. The molecule has 0 aromatic heterocycles. The molecule has 1 atom stereocenters. The summed E-state index contributed by atoms with van der Waals surface area (Å²) in [6, 6.07) is 6.80. The van der Waals surface area contributed by atoms with Crippen LogP contribution < -0.4 is 4.90 Å². The molecule has 21 heavy (non-hydrogen) atoms. The lowest BCUT2D eigenvalue weighted by Gasteiger charge is -2.28. The van der Waals surface area contributed by atoms with Crippen LogP contribution in [0.3, 0.4) is 0 Å². The molecular weight excluding hydrogens is 270 g/mol. The predicted octanol–water partition coefficient (Wildman–Crippen LogP) is 2.92. The minimum atomic E-state index is -0.655. The maximum absolute atomic E-state index is 12.4. The Morgan fingerprint density at radius 3 is 2.57 bits per heavy atom. The van der Waals surface area contributed by atoms with Crippen LogP contribution in [0, 0.1) is 0 Å². The van der Waals surface area contributed by atoms with E-state index in [-0.39, 0.29) is 6.61 Å². The molecule has 0 saturated carbocycles. The lowest BCUT2D eigenvalue weighted by Crippen LogP contribution is -2.46. The molecule has 5 heteroatoms. The van der Waals surface area contributed by atoms with Gasteiger partial charge in [-0.1, -0.05) is 18.2 Å². The van der Waals surface area contributed by atoms with Crippen molar-refractivity contribution in [3.63, 3.8) is 0 Å². The Labute approximate surface area is 124 Å². The summed E-state index contributed by atoms with van der Waals surface area (Å²) < 4.78 is 10.5. The quantitative estimate of drug-likeness (QED) is 0.786. The van der Waals surface area contributed by atoms with Crippen LogP contribution in [0.1, 0.15) is 33.3 Å². The van der Waals surface area contributed by atoms with Gasteiger partial charge in [-0.05, 0) is 39.3 Å². The lowest BCUT2D eigenvalue weighted by molar-refractivity contribution is -0.144. The summed E-state index contributed by atoms with van der Waals surface area (Å²) in [7, 11) is 0. The van der Waals surface area contributed by atoms with Crippen LogP contribution in [0.15, 0.2) is 24.3 Å². The second-order valence-electron chi connectivity index (χ2n) is 5.95. The maximum Gasteiger partial charge on any atom is 0.415 e. The molecule has 2 rings (SSSR count). The number of carbonyl (C=O) groups excluding carboxylic acids is 2. The number of hydrogen-bond donors (Lipinski definition) is 0. The van der Waals surface area contributed by atoms with Gasteiger partial charge in [0.1, 0.15) is 11.6 Å². The van der Waals surface area contributed by atoms with Crippen molar-refractivity contribution >= 4 is 17.7 Å². The number of esters is 1. The van der Waals surface area contributed by atoms with E-state index in [4.69, 9.17) is 9.47 Å². The first-order chi connectivity index (χ1) is 9.83. The van der Waals surface area contributed by atoms with E-state index in [9.17, 15) is 9.59 Å². The lowest BCUT2D eigenvalue weighted by atomic mass is 10.1. The normalized spacial score (nSPS) is 17.3. The second-order valence-corrected chi connectivity index (χ2v) is 5.95. The van der Waals surface area contributed by atoms with Crippen molar-refractivity contribution in [1.82, 2.24) is 0 Å². The monoisotopic (exact) mass is 291 g/mol. The highest BCUT2D eigenvalue weighted by Gasteiger charge is 2.41. The highest BCUT2D eigenvalue weighted by atomic mass is 16.6. The summed E-state index contributed by atoms with van der Waals surface area (Å²) in [4.78, 5) is 26.0. The average molecular weight is 291 g/mol. The number of para-hydroxylation sites is 1. The molecule has 0 unspecified atom stereocenters. The summed E-state index contributed by atoms with van der Waals surface area (Å²) in [5.74, 6) is -0.403. The van der Waals surface area contributed by atoms with Crippen LogP contribution >= 0.6 is 0 Å². The molecule has 1 aliphatic heterocycles. The van der Waals surface area contributed by atoms with E-state index in [0.29, 0.717) is 12.1 Å². The average Bonchev–Trinajstić information content (AvgIpc) is 2.76. The van der Waals surface area contributed by atoms with E-state index < -0.39 is 23.7 Å². The summed E-state index contributed by atoms with van der Waals surface area (Å²) in [6.07, 6.45) is -0.0701. The number of nitrogens with zero attached hydrogens (tertiary/aromatic N) is 1. The van der Waals surface area contributed by atoms with Crippen LogP contribution in [-0.2, 0) is 20.7 Å². The first kappa shape index (κ1) is 15.4. The molecule has 1 aliphatic rings. The molecule has 0 radical (unpaired) electrons. The minimum absolute atomic E-state index is 0.286. The first-order valence-corrected chi connectivity index (χ1v) is 7.10. The van der Waals surface area contributed by atoms with E-state index in [0.717, 1.165) is 5.56 Å². The van der Waals surface area contributed by atoms with Gasteiger partial charge in [0.15, 0.2) is 0 Å². The van der Waals surface area contributed by atoms with Gasteiger partial charge in [-0.25, -0.2) is 9.59 Å². The Hall–Kier alpha value is -2.04. The number of fused-ring (bicyclic) bond motifs is 1. The topological polar surface area (TPSA) is 55.8 Å². The van der Waals surface area contributed by atoms with Gasteiger partial charge in [-0.2, -0.15) is 0 Å². The van der Waals surface area contributed by atoms with E-state index in [1.54, 1.807) is 27.7 Å². The van der Waals surface area contributed by atoms with Crippen LogP contribution in [0.5, 0.6) is 0 Å². The molecule has 0 fully saturated rings. The maximum atomic E-state index is 12.4. The molecule has 114 valence electrons. The summed E-state index contributed by atoms with van der Waals surface area (Å²) in [5.41, 5.74) is 1.04. The van der Waals surface area contributed by atoms with Crippen LogP contribution in [0.25, 0.3) is 0 Å². The molecule has 0 spiro atoms. The Balaban J connectivity index is 2.31. The number of benzene rings is 1. The zero-order valence-corrected chi connectivity index (χ0v) is 12.9. The van der Waals surface area contributed by atoms with E-state index in [2.05, 4.69) is 0 Å². The number of anilines is 1. The zero-order valence-electron chi connectivity index (χ0n) is 12.9. The Bertz CT molecular complexity index is 547. The Morgan fingerprint density at radius 2 is 1.95 bits per heavy atom. The van der Waals surface area contributed by atoms with Crippen molar-refractivity contribution < 1.29 is 19.1 Å². The van der Waals surface area contributed by atoms with Gasteiger partial charge in [-0.3, -0.25) is 4.90 Å². The van der Waals surface area contributed by atoms with E-state index in [1.807, 2.05) is 24.3 Å². The molecule has 0 N–H and O–H groups in total. The Morgan fingerprint density at radius 1 is 1.29 bits per heavy atom. The van der Waals surface area contributed by atoms with Gasteiger partial charge < -0.3 is 9.47 Å². The third kappa shape index (κ3) is 3.35. The molecule has 1 aromatic carbocycles. The van der Waals surface area contributed by atoms with Gasteiger partial charge in [-0.15, -0.1) is 0 Å². The highest BCUT2D eigenvalue weighted by molar-refractivity contribution is 5.99. The van der Waals surface area contributed by atoms with Gasteiger partial charge in [0.2, 0.25) is 0 Å². The molecule has 1 aromatic rings. The van der Waals surface area contributed by atoms with Crippen molar-refractivity contribution in [3.05, 3.63) is 29.8 Å². The molecule has 0 saturated heterocycles.